The van der Waals surface area contributed by atoms with Crippen LogP contribution >= 0.6 is 11.3 Å². The number of aryl methyl sites for hydroxylation is 2. The first-order valence-electron chi connectivity index (χ1n) is 7.03. The minimum atomic E-state index is -1.03. The molecule has 116 valence electrons. The zero-order chi connectivity index (χ0) is 16.1. The van der Waals surface area contributed by atoms with Gasteiger partial charge in [-0.15, -0.1) is 11.3 Å². The van der Waals surface area contributed by atoms with Gasteiger partial charge in [-0.3, -0.25) is 4.79 Å². The maximum absolute atomic E-state index is 12.0. The van der Waals surface area contributed by atoms with Gasteiger partial charge in [0.25, 0.3) is 0 Å². The summed E-state index contributed by atoms with van der Waals surface area (Å²) >= 11 is 1.14. The van der Waals surface area contributed by atoms with E-state index in [2.05, 4.69) is 10.3 Å². The molecule has 0 fully saturated rings. The molecule has 22 heavy (non-hydrogen) atoms. The van der Waals surface area contributed by atoms with Gasteiger partial charge in [0.15, 0.2) is 0 Å². The molecule has 1 aromatic carbocycles. The number of carbonyl (C=O) groups is 2. The molecule has 0 radical (unpaired) electrons. The number of benzene rings is 1. The summed E-state index contributed by atoms with van der Waals surface area (Å²) < 4.78 is 0. The Morgan fingerprint density at radius 3 is 2.77 bits per heavy atom. The van der Waals surface area contributed by atoms with E-state index >= 15 is 0 Å². The van der Waals surface area contributed by atoms with Crippen molar-refractivity contribution in [3.63, 3.8) is 0 Å². The van der Waals surface area contributed by atoms with Crippen LogP contribution in [0, 0.1) is 6.92 Å². The van der Waals surface area contributed by atoms with Crippen molar-refractivity contribution >= 4 is 23.2 Å². The Bertz CT molecular complexity index is 694. The lowest BCUT2D eigenvalue weighted by atomic mass is 10.1. The van der Waals surface area contributed by atoms with Crippen LogP contribution in [-0.4, -0.2) is 22.0 Å². The predicted octanol–water partition coefficient (Wildman–Crippen LogP) is 2.57. The van der Waals surface area contributed by atoms with Crippen LogP contribution in [0.4, 0.5) is 0 Å². The summed E-state index contributed by atoms with van der Waals surface area (Å²) in [6.45, 7) is 4.33. The molecule has 0 saturated heterocycles. The number of nitrogens with one attached hydrogen (secondary N) is 1. The second-order valence-electron chi connectivity index (χ2n) is 4.98. The molecule has 0 aliphatic heterocycles. The zero-order valence-electron chi connectivity index (χ0n) is 12.5. The van der Waals surface area contributed by atoms with Crippen molar-refractivity contribution in [2.24, 2.45) is 0 Å². The Hall–Kier alpha value is -2.21. The highest BCUT2D eigenvalue weighted by Gasteiger charge is 2.18. The highest BCUT2D eigenvalue weighted by atomic mass is 32.1. The topological polar surface area (TPSA) is 79.3 Å². The minimum absolute atomic E-state index is 0.00997. The lowest BCUT2D eigenvalue weighted by Crippen LogP contribution is -2.25. The number of aromatic nitrogens is 1. The number of nitrogens with zero attached hydrogens (tertiary/aromatic N) is 1. The van der Waals surface area contributed by atoms with Gasteiger partial charge >= 0.3 is 5.97 Å². The Kier molecular flexibility index (Phi) is 5.27. The Morgan fingerprint density at radius 2 is 2.14 bits per heavy atom. The van der Waals surface area contributed by atoms with E-state index in [9.17, 15) is 9.59 Å². The Labute approximate surface area is 133 Å². The first kappa shape index (κ1) is 16.2. The summed E-state index contributed by atoms with van der Waals surface area (Å²) in [4.78, 5) is 27.6. The number of carboxylic acid groups (broad SMARTS) is 1. The molecule has 0 aliphatic rings. The second-order valence-corrected chi connectivity index (χ2v) is 6.07. The van der Waals surface area contributed by atoms with Crippen LogP contribution in [0.3, 0.4) is 0 Å². The van der Waals surface area contributed by atoms with Crippen molar-refractivity contribution < 1.29 is 14.7 Å². The average Bonchev–Trinajstić information content (AvgIpc) is 2.88. The minimum Gasteiger partial charge on any atom is -0.477 e. The summed E-state index contributed by atoms with van der Waals surface area (Å²) in [5.74, 6) is -1.25. The summed E-state index contributed by atoms with van der Waals surface area (Å²) in [6.07, 6.45) is 0.653. The number of hydrogen-bond donors (Lipinski definition) is 2. The van der Waals surface area contributed by atoms with Gasteiger partial charge in [-0.1, -0.05) is 36.8 Å². The highest BCUT2D eigenvalue weighted by molar-refractivity contribution is 7.13. The zero-order valence-corrected chi connectivity index (χ0v) is 13.4. The lowest BCUT2D eigenvalue weighted by molar-refractivity contribution is -0.120. The number of hydrogen-bond acceptors (Lipinski definition) is 4. The van der Waals surface area contributed by atoms with Crippen molar-refractivity contribution in [2.75, 3.05) is 0 Å². The van der Waals surface area contributed by atoms with Gasteiger partial charge in [0, 0.05) is 6.54 Å². The first-order valence-corrected chi connectivity index (χ1v) is 7.85. The number of rotatable bonds is 6. The molecule has 0 spiro atoms. The van der Waals surface area contributed by atoms with E-state index < -0.39 is 5.97 Å². The standard InChI is InChI=1S/C16H18N2O3S/c1-3-14-18-12(15(22-14)16(20)21)8-13(19)17-9-11-6-4-5-10(2)7-11/h4-7H,3,8-9H2,1-2H3,(H,17,19)(H,20,21). The normalized spacial score (nSPS) is 10.5. The van der Waals surface area contributed by atoms with Crippen LogP contribution in [0.15, 0.2) is 24.3 Å². The van der Waals surface area contributed by atoms with Gasteiger partial charge in [-0.2, -0.15) is 0 Å². The van der Waals surface area contributed by atoms with E-state index in [1.54, 1.807) is 0 Å². The smallest absolute Gasteiger partial charge is 0.347 e. The monoisotopic (exact) mass is 318 g/mol. The van der Waals surface area contributed by atoms with Crippen LogP contribution < -0.4 is 5.32 Å². The maximum atomic E-state index is 12.0. The fourth-order valence-corrected chi connectivity index (χ4v) is 2.94. The molecule has 0 bridgehead atoms. The van der Waals surface area contributed by atoms with Gasteiger partial charge in [0.2, 0.25) is 5.91 Å². The van der Waals surface area contributed by atoms with Gasteiger partial charge in [0.1, 0.15) is 4.88 Å². The van der Waals surface area contributed by atoms with Gasteiger partial charge in [-0.05, 0) is 18.9 Å². The first-order chi connectivity index (χ1) is 10.5. The molecule has 1 aromatic heterocycles. The predicted molar refractivity (Wildman–Crippen MR) is 85.2 cm³/mol. The summed E-state index contributed by atoms with van der Waals surface area (Å²) in [5, 5.41) is 12.7. The summed E-state index contributed by atoms with van der Waals surface area (Å²) in [7, 11) is 0. The SMILES string of the molecule is CCc1nc(CC(=O)NCc2cccc(C)c2)c(C(=O)O)s1. The molecule has 2 N–H and O–H groups in total. The summed E-state index contributed by atoms with van der Waals surface area (Å²) in [6, 6.07) is 7.87. The third kappa shape index (κ3) is 4.14. The van der Waals surface area contributed by atoms with E-state index in [0.29, 0.717) is 18.7 Å². The molecule has 2 aromatic rings. The Morgan fingerprint density at radius 1 is 1.36 bits per heavy atom. The van der Waals surface area contributed by atoms with Crippen molar-refractivity contribution in [2.45, 2.75) is 33.2 Å². The molecule has 2 rings (SSSR count). The largest absolute Gasteiger partial charge is 0.477 e. The van der Waals surface area contributed by atoms with Gasteiger partial charge in [0.05, 0.1) is 17.1 Å². The van der Waals surface area contributed by atoms with Crippen molar-refractivity contribution in [1.29, 1.82) is 0 Å². The second kappa shape index (κ2) is 7.17. The molecule has 1 amide bonds. The molecular weight excluding hydrogens is 300 g/mol. The number of carboxylic acids is 1. The average molecular weight is 318 g/mol. The van der Waals surface area contributed by atoms with Crippen LogP contribution in [0.5, 0.6) is 0 Å². The van der Waals surface area contributed by atoms with Crippen molar-refractivity contribution in [3.8, 4) is 0 Å². The van der Waals surface area contributed by atoms with E-state index in [4.69, 9.17) is 5.11 Å². The van der Waals surface area contributed by atoms with Gasteiger partial charge in [-0.25, -0.2) is 9.78 Å². The molecule has 6 heteroatoms. The Balaban J connectivity index is 2.00. The van der Waals surface area contributed by atoms with E-state index in [-0.39, 0.29) is 17.2 Å². The molecule has 1 heterocycles. The molecule has 5 nitrogen and oxygen atoms in total. The lowest BCUT2D eigenvalue weighted by Gasteiger charge is -2.05. The van der Waals surface area contributed by atoms with Gasteiger partial charge < -0.3 is 10.4 Å². The van der Waals surface area contributed by atoms with Crippen molar-refractivity contribution in [1.82, 2.24) is 10.3 Å². The molecule has 0 saturated carbocycles. The van der Waals surface area contributed by atoms with Crippen LogP contribution in [0.2, 0.25) is 0 Å². The van der Waals surface area contributed by atoms with Crippen LogP contribution in [0.1, 0.15) is 38.4 Å². The summed E-state index contributed by atoms with van der Waals surface area (Å²) in [5.41, 5.74) is 2.49. The molecule has 0 aliphatic carbocycles. The number of aromatic carboxylic acids is 1. The van der Waals surface area contributed by atoms with E-state index in [1.807, 2.05) is 38.1 Å². The fourth-order valence-electron chi connectivity index (χ4n) is 2.08. The number of thiazole rings is 1. The molecule has 0 unspecified atom stereocenters. The third-order valence-electron chi connectivity index (χ3n) is 3.14. The van der Waals surface area contributed by atoms with Crippen LogP contribution in [0.25, 0.3) is 0 Å². The van der Waals surface area contributed by atoms with E-state index in [0.717, 1.165) is 27.5 Å². The van der Waals surface area contributed by atoms with Crippen LogP contribution in [-0.2, 0) is 24.2 Å². The quantitative estimate of drug-likeness (QED) is 0.858. The van der Waals surface area contributed by atoms with E-state index in [1.165, 1.54) is 0 Å². The van der Waals surface area contributed by atoms with Crippen molar-refractivity contribution in [3.05, 3.63) is 51.0 Å². The number of amides is 1. The third-order valence-corrected chi connectivity index (χ3v) is 4.37. The number of carbonyl (C=O) groups excluding carboxylic acids is 1. The fraction of sp³-hybridized carbons (Fsp3) is 0.312. The maximum Gasteiger partial charge on any atom is 0.347 e. The highest BCUT2D eigenvalue weighted by Crippen LogP contribution is 2.19. The molecular formula is C16H18N2O3S. The molecule has 0 atom stereocenters.